The molecule has 1 fully saturated rings. The van der Waals surface area contributed by atoms with Crippen LogP contribution >= 0.6 is 0 Å². The zero-order valence-electron chi connectivity index (χ0n) is 6.89. The predicted octanol–water partition coefficient (Wildman–Crippen LogP) is 1.02. The fourth-order valence-electron chi connectivity index (χ4n) is 1.37. The molecule has 2 unspecified atom stereocenters. The molecule has 0 aromatic heterocycles. The lowest BCUT2D eigenvalue weighted by atomic mass is 10.0. The molecule has 1 heterocycles. The van der Waals surface area contributed by atoms with Crippen LogP contribution < -0.4 is 5.32 Å². The molecule has 1 aliphatic heterocycles. The standard InChI is InChI=1S/C8H17NO/c1-3-9-6-8-4-5-10-7(8)2/h7-9H,3-6H2,1-2H3. The third-order valence-electron chi connectivity index (χ3n) is 2.19. The zero-order chi connectivity index (χ0) is 7.40. The Morgan fingerprint density at radius 2 is 2.40 bits per heavy atom. The number of hydrogen-bond donors (Lipinski definition) is 1. The molecule has 0 bridgehead atoms. The minimum absolute atomic E-state index is 0.471. The van der Waals surface area contributed by atoms with Gasteiger partial charge in [-0.1, -0.05) is 6.92 Å². The van der Waals surface area contributed by atoms with E-state index in [1.54, 1.807) is 0 Å². The van der Waals surface area contributed by atoms with Crippen LogP contribution in [0.5, 0.6) is 0 Å². The quantitative estimate of drug-likeness (QED) is 0.637. The van der Waals surface area contributed by atoms with Crippen molar-refractivity contribution in [2.75, 3.05) is 19.7 Å². The largest absolute Gasteiger partial charge is 0.378 e. The fourth-order valence-corrected chi connectivity index (χ4v) is 1.37. The molecule has 0 amide bonds. The lowest BCUT2D eigenvalue weighted by Gasteiger charge is -2.13. The molecule has 0 radical (unpaired) electrons. The van der Waals surface area contributed by atoms with Gasteiger partial charge in [0.1, 0.15) is 0 Å². The summed E-state index contributed by atoms with van der Waals surface area (Å²) in [6, 6.07) is 0. The van der Waals surface area contributed by atoms with Crippen molar-refractivity contribution in [3.05, 3.63) is 0 Å². The van der Waals surface area contributed by atoms with Gasteiger partial charge < -0.3 is 10.1 Å². The second kappa shape index (κ2) is 3.94. The van der Waals surface area contributed by atoms with E-state index in [1.165, 1.54) is 6.42 Å². The van der Waals surface area contributed by atoms with Crippen LogP contribution in [0.25, 0.3) is 0 Å². The summed E-state index contributed by atoms with van der Waals surface area (Å²) in [6.07, 6.45) is 1.70. The molecule has 10 heavy (non-hydrogen) atoms. The summed E-state index contributed by atoms with van der Waals surface area (Å²) in [5.41, 5.74) is 0. The summed E-state index contributed by atoms with van der Waals surface area (Å²) in [4.78, 5) is 0. The van der Waals surface area contributed by atoms with Crippen LogP contribution in [0.2, 0.25) is 0 Å². The molecule has 0 aromatic rings. The summed E-state index contributed by atoms with van der Waals surface area (Å²) in [5.74, 6) is 0.750. The van der Waals surface area contributed by atoms with Crippen LogP contribution in [-0.2, 0) is 4.74 Å². The van der Waals surface area contributed by atoms with Gasteiger partial charge in [-0.2, -0.15) is 0 Å². The normalized spacial score (nSPS) is 33.0. The van der Waals surface area contributed by atoms with Gasteiger partial charge in [-0.25, -0.2) is 0 Å². The molecule has 0 saturated carbocycles. The molecule has 0 aromatic carbocycles. The highest BCUT2D eigenvalue weighted by atomic mass is 16.5. The Balaban J connectivity index is 2.14. The number of rotatable bonds is 3. The van der Waals surface area contributed by atoms with E-state index in [2.05, 4.69) is 19.2 Å². The van der Waals surface area contributed by atoms with Crippen molar-refractivity contribution >= 4 is 0 Å². The van der Waals surface area contributed by atoms with Crippen molar-refractivity contribution in [1.29, 1.82) is 0 Å². The lowest BCUT2D eigenvalue weighted by molar-refractivity contribution is 0.105. The fraction of sp³-hybridized carbons (Fsp3) is 1.00. The highest BCUT2D eigenvalue weighted by Crippen LogP contribution is 2.18. The smallest absolute Gasteiger partial charge is 0.0588 e. The molecule has 2 heteroatoms. The van der Waals surface area contributed by atoms with Crippen molar-refractivity contribution in [3.8, 4) is 0 Å². The van der Waals surface area contributed by atoms with E-state index in [1.807, 2.05) is 0 Å². The van der Waals surface area contributed by atoms with Gasteiger partial charge in [0.2, 0.25) is 0 Å². The van der Waals surface area contributed by atoms with Gasteiger partial charge in [-0.3, -0.25) is 0 Å². The van der Waals surface area contributed by atoms with E-state index in [9.17, 15) is 0 Å². The van der Waals surface area contributed by atoms with E-state index in [-0.39, 0.29) is 0 Å². The second-order valence-electron chi connectivity index (χ2n) is 2.93. The lowest BCUT2D eigenvalue weighted by Crippen LogP contribution is -2.26. The van der Waals surface area contributed by atoms with Gasteiger partial charge in [0.05, 0.1) is 6.10 Å². The summed E-state index contributed by atoms with van der Waals surface area (Å²) < 4.78 is 5.42. The first kappa shape index (κ1) is 8.02. The van der Waals surface area contributed by atoms with E-state index < -0.39 is 0 Å². The Kier molecular flexibility index (Phi) is 3.16. The van der Waals surface area contributed by atoms with E-state index in [0.29, 0.717) is 6.10 Å². The van der Waals surface area contributed by atoms with Crippen molar-refractivity contribution in [2.24, 2.45) is 5.92 Å². The van der Waals surface area contributed by atoms with Crippen LogP contribution in [0.3, 0.4) is 0 Å². The first-order chi connectivity index (χ1) is 4.84. The molecule has 2 nitrogen and oxygen atoms in total. The summed E-state index contributed by atoms with van der Waals surface area (Å²) >= 11 is 0. The van der Waals surface area contributed by atoms with Crippen LogP contribution in [0.4, 0.5) is 0 Å². The van der Waals surface area contributed by atoms with Gasteiger partial charge in [0, 0.05) is 13.2 Å². The number of hydrogen-bond acceptors (Lipinski definition) is 2. The molecule has 1 aliphatic rings. The minimum Gasteiger partial charge on any atom is -0.378 e. The SMILES string of the molecule is CCNCC1CCOC1C. The van der Waals surface area contributed by atoms with Gasteiger partial charge in [0.15, 0.2) is 0 Å². The number of ether oxygens (including phenoxy) is 1. The molecule has 1 rings (SSSR count). The third-order valence-corrected chi connectivity index (χ3v) is 2.19. The van der Waals surface area contributed by atoms with Crippen molar-refractivity contribution in [3.63, 3.8) is 0 Å². The summed E-state index contributed by atoms with van der Waals surface area (Å²) in [5, 5.41) is 3.34. The van der Waals surface area contributed by atoms with Gasteiger partial charge >= 0.3 is 0 Å². The van der Waals surface area contributed by atoms with Crippen molar-refractivity contribution in [2.45, 2.75) is 26.4 Å². The minimum atomic E-state index is 0.471. The van der Waals surface area contributed by atoms with Crippen LogP contribution in [-0.4, -0.2) is 25.8 Å². The first-order valence-electron chi connectivity index (χ1n) is 4.17. The Labute approximate surface area is 63.0 Å². The maximum Gasteiger partial charge on any atom is 0.0588 e. The Hall–Kier alpha value is -0.0800. The van der Waals surface area contributed by atoms with Gasteiger partial charge in [0.25, 0.3) is 0 Å². The predicted molar refractivity (Wildman–Crippen MR) is 42.1 cm³/mol. The zero-order valence-corrected chi connectivity index (χ0v) is 6.89. The maximum absolute atomic E-state index is 5.42. The monoisotopic (exact) mass is 143 g/mol. The maximum atomic E-state index is 5.42. The van der Waals surface area contributed by atoms with Crippen molar-refractivity contribution in [1.82, 2.24) is 5.32 Å². The molecule has 0 aliphatic carbocycles. The van der Waals surface area contributed by atoms with Gasteiger partial charge in [-0.15, -0.1) is 0 Å². The number of nitrogens with one attached hydrogen (secondary N) is 1. The van der Waals surface area contributed by atoms with E-state index in [4.69, 9.17) is 4.74 Å². The first-order valence-corrected chi connectivity index (χ1v) is 4.17. The average Bonchev–Trinajstić information content (AvgIpc) is 2.31. The Morgan fingerprint density at radius 3 is 2.90 bits per heavy atom. The summed E-state index contributed by atoms with van der Waals surface area (Å²) in [7, 11) is 0. The Morgan fingerprint density at radius 1 is 1.60 bits per heavy atom. The van der Waals surface area contributed by atoms with Crippen LogP contribution in [0.15, 0.2) is 0 Å². The molecule has 1 N–H and O–H groups in total. The van der Waals surface area contributed by atoms with E-state index in [0.717, 1.165) is 25.6 Å². The van der Waals surface area contributed by atoms with Crippen LogP contribution in [0.1, 0.15) is 20.3 Å². The Bertz CT molecular complexity index is 95.3. The third kappa shape index (κ3) is 1.96. The highest BCUT2D eigenvalue weighted by molar-refractivity contribution is 4.73. The average molecular weight is 143 g/mol. The highest BCUT2D eigenvalue weighted by Gasteiger charge is 2.22. The topological polar surface area (TPSA) is 21.3 Å². The van der Waals surface area contributed by atoms with Crippen molar-refractivity contribution < 1.29 is 4.74 Å². The second-order valence-corrected chi connectivity index (χ2v) is 2.93. The van der Waals surface area contributed by atoms with E-state index >= 15 is 0 Å². The van der Waals surface area contributed by atoms with Gasteiger partial charge in [-0.05, 0) is 25.8 Å². The molecule has 60 valence electrons. The molecular formula is C8H17NO. The molecule has 1 saturated heterocycles. The summed E-state index contributed by atoms with van der Waals surface area (Å²) in [6.45, 7) is 7.45. The molecule has 0 spiro atoms. The molecular weight excluding hydrogens is 126 g/mol. The molecule has 2 atom stereocenters. The van der Waals surface area contributed by atoms with Crippen LogP contribution in [0, 0.1) is 5.92 Å².